The fraction of sp³-hybridized carbons (Fsp3) is 0.500. The molecule has 0 fully saturated rings. The summed E-state index contributed by atoms with van der Waals surface area (Å²) in [6, 6.07) is 4.59. The highest BCUT2D eigenvalue weighted by atomic mass is 32.1. The van der Waals surface area contributed by atoms with Crippen LogP contribution in [0.2, 0.25) is 0 Å². The summed E-state index contributed by atoms with van der Waals surface area (Å²) in [5, 5.41) is 11.1. The molecule has 0 spiro atoms. The summed E-state index contributed by atoms with van der Waals surface area (Å²) in [5.41, 5.74) is -0.262. The number of hydrogen-bond acceptors (Lipinski definition) is 5. The van der Waals surface area contributed by atoms with E-state index in [0.717, 1.165) is 29.9 Å². The lowest BCUT2D eigenvalue weighted by Gasteiger charge is -2.24. The molecule has 2 amide bonds. The maximum atomic E-state index is 12.7. The number of nitrogens with one attached hydrogen (secondary N) is 1. The number of carbonyl (C=O) groups excluding carboxylic acids is 2. The smallest absolute Gasteiger partial charge is 0.342 e. The van der Waals surface area contributed by atoms with Gasteiger partial charge in [0.1, 0.15) is 5.01 Å². The summed E-state index contributed by atoms with van der Waals surface area (Å²) < 4.78 is 38.0. The topological polar surface area (TPSA) is 75.2 Å². The second kappa shape index (κ2) is 10.5. The molecule has 1 aromatic carbocycles. The van der Waals surface area contributed by atoms with Crippen molar-refractivity contribution in [3.05, 3.63) is 29.8 Å². The Balaban J connectivity index is 1.95. The molecule has 164 valence electrons. The highest BCUT2D eigenvalue weighted by molar-refractivity contribution is 7.18. The summed E-state index contributed by atoms with van der Waals surface area (Å²) in [6.07, 6.45) is -3.09. The highest BCUT2D eigenvalue weighted by Crippen LogP contribution is 2.32. The number of benzene rings is 1. The van der Waals surface area contributed by atoms with E-state index < -0.39 is 11.7 Å². The molecule has 30 heavy (non-hydrogen) atoms. The van der Waals surface area contributed by atoms with E-state index >= 15 is 0 Å². The van der Waals surface area contributed by atoms with Gasteiger partial charge in [0.2, 0.25) is 16.9 Å². The molecule has 2 aromatic rings. The first-order valence-electron chi connectivity index (χ1n) is 9.69. The van der Waals surface area contributed by atoms with Crippen LogP contribution < -0.4 is 5.32 Å². The summed E-state index contributed by atoms with van der Waals surface area (Å²) in [6.45, 7) is 6.85. The van der Waals surface area contributed by atoms with Gasteiger partial charge in [-0.25, -0.2) is 0 Å². The van der Waals surface area contributed by atoms with E-state index in [1.165, 1.54) is 12.1 Å². The summed E-state index contributed by atoms with van der Waals surface area (Å²) in [5.74, 6) is 0.0194. The first-order valence-corrected chi connectivity index (χ1v) is 10.5. The van der Waals surface area contributed by atoms with E-state index in [2.05, 4.69) is 15.5 Å². The third-order valence-corrected chi connectivity index (χ3v) is 5.03. The van der Waals surface area contributed by atoms with Crippen molar-refractivity contribution < 1.29 is 22.8 Å². The number of rotatable bonds is 9. The summed E-state index contributed by atoms with van der Waals surface area (Å²) in [7, 11) is 0. The number of hydrogen-bond donors (Lipinski definition) is 1. The number of halogens is 3. The molecule has 0 atom stereocenters. The van der Waals surface area contributed by atoms with Crippen molar-refractivity contribution in [3.63, 3.8) is 0 Å². The second-order valence-electron chi connectivity index (χ2n) is 7.27. The molecule has 0 radical (unpaired) electrons. The standard InChI is InChI=1S/C20H25F3N4O2S/c1-4-5-17(29)27(12-13(2)3)11-10-16(28)24-19-26-25-18(30-19)14-6-8-15(9-7-14)20(21,22)23/h6-9,13H,4-5,10-12H2,1-3H3,(H,24,26,28). The minimum Gasteiger partial charge on any atom is -0.342 e. The van der Waals surface area contributed by atoms with Crippen LogP contribution in [0.4, 0.5) is 18.3 Å². The maximum Gasteiger partial charge on any atom is 0.416 e. The molecule has 0 saturated carbocycles. The average molecular weight is 443 g/mol. The molecule has 1 aromatic heterocycles. The Hall–Kier alpha value is -2.49. The van der Waals surface area contributed by atoms with E-state index in [1.54, 1.807) is 4.90 Å². The van der Waals surface area contributed by atoms with Gasteiger partial charge in [0.15, 0.2) is 0 Å². The molecule has 0 saturated heterocycles. The molecule has 0 aliphatic carbocycles. The molecule has 6 nitrogen and oxygen atoms in total. The van der Waals surface area contributed by atoms with Crippen LogP contribution in [0.1, 0.15) is 45.6 Å². The summed E-state index contributed by atoms with van der Waals surface area (Å²) >= 11 is 1.07. The van der Waals surface area contributed by atoms with Crippen LogP contribution in [-0.2, 0) is 15.8 Å². The van der Waals surface area contributed by atoms with Gasteiger partial charge in [0, 0.05) is 31.5 Å². The van der Waals surface area contributed by atoms with Gasteiger partial charge in [-0.15, -0.1) is 10.2 Å². The van der Waals surface area contributed by atoms with Gasteiger partial charge in [-0.05, 0) is 24.5 Å². The van der Waals surface area contributed by atoms with Crippen LogP contribution in [0.5, 0.6) is 0 Å². The van der Waals surface area contributed by atoms with Crippen LogP contribution in [0, 0.1) is 5.92 Å². The molecule has 0 aliphatic rings. The first-order chi connectivity index (χ1) is 14.1. The molecule has 10 heteroatoms. The minimum absolute atomic E-state index is 0.0273. The first kappa shape index (κ1) is 23.8. The lowest BCUT2D eigenvalue weighted by molar-refractivity contribution is -0.137. The Labute approximate surface area is 177 Å². The predicted octanol–water partition coefficient (Wildman–Crippen LogP) is 4.84. The van der Waals surface area contributed by atoms with Gasteiger partial charge in [0.05, 0.1) is 5.56 Å². The van der Waals surface area contributed by atoms with Gasteiger partial charge in [-0.3, -0.25) is 9.59 Å². The molecule has 0 unspecified atom stereocenters. The zero-order valence-corrected chi connectivity index (χ0v) is 17.9. The van der Waals surface area contributed by atoms with E-state index in [9.17, 15) is 22.8 Å². The number of amides is 2. The van der Waals surface area contributed by atoms with Gasteiger partial charge < -0.3 is 10.2 Å². The number of aromatic nitrogens is 2. The lowest BCUT2D eigenvalue weighted by atomic mass is 10.1. The van der Waals surface area contributed by atoms with Crippen molar-refractivity contribution in [1.29, 1.82) is 0 Å². The normalized spacial score (nSPS) is 11.6. The Morgan fingerprint density at radius 2 is 1.80 bits per heavy atom. The highest BCUT2D eigenvalue weighted by Gasteiger charge is 2.30. The molecule has 0 aliphatic heterocycles. The van der Waals surface area contributed by atoms with Gasteiger partial charge in [-0.1, -0.05) is 44.2 Å². The number of anilines is 1. The fourth-order valence-corrected chi connectivity index (χ4v) is 3.51. The number of alkyl halides is 3. The molecular formula is C20H25F3N4O2S. The molecule has 2 rings (SSSR count). The second-order valence-corrected chi connectivity index (χ2v) is 8.25. The van der Waals surface area contributed by atoms with E-state index in [1.807, 2.05) is 20.8 Å². The van der Waals surface area contributed by atoms with E-state index in [-0.39, 0.29) is 23.4 Å². The van der Waals surface area contributed by atoms with Crippen LogP contribution in [0.3, 0.4) is 0 Å². The zero-order valence-electron chi connectivity index (χ0n) is 17.1. The van der Waals surface area contributed by atoms with Crippen molar-refractivity contribution >= 4 is 28.3 Å². The zero-order chi connectivity index (χ0) is 22.3. The van der Waals surface area contributed by atoms with Gasteiger partial charge in [0.25, 0.3) is 0 Å². The van der Waals surface area contributed by atoms with Gasteiger partial charge >= 0.3 is 6.18 Å². The third-order valence-electron chi connectivity index (χ3n) is 4.14. The number of carbonyl (C=O) groups is 2. The van der Waals surface area contributed by atoms with Crippen molar-refractivity contribution in [1.82, 2.24) is 15.1 Å². The fourth-order valence-electron chi connectivity index (χ4n) is 2.74. The Kier molecular flexibility index (Phi) is 8.33. The van der Waals surface area contributed by atoms with Crippen molar-refractivity contribution in [2.75, 3.05) is 18.4 Å². The average Bonchev–Trinajstić information content (AvgIpc) is 3.12. The quantitative estimate of drug-likeness (QED) is 0.603. The Bertz CT molecular complexity index is 850. The van der Waals surface area contributed by atoms with E-state index in [4.69, 9.17) is 0 Å². The maximum absolute atomic E-state index is 12.7. The van der Waals surface area contributed by atoms with Crippen LogP contribution in [0.25, 0.3) is 10.6 Å². The minimum atomic E-state index is -4.40. The van der Waals surface area contributed by atoms with Crippen LogP contribution in [-0.4, -0.2) is 40.0 Å². The molecule has 1 N–H and O–H groups in total. The third kappa shape index (κ3) is 7.08. The molecular weight excluding hydrogens is 417 g/mol. The lowest BCUT2D eigenvalue weighted by Crippen LogP contribution is -2.36. The van der Waals surface area contributed by atoms with Crippen molar-refractivity contribution in [3.8, 4) is 10.6 Å². The Morgan fingerprint density at radius 3 is 2.37 bits per heavy atom. The van der Waals surface area contributed by atoms with Crippen molar-refractivity contribution in [2.24, 2.45) is 5.92 Å². The van der Waals surface area contributed by atoms with Crippen LogP contribution >= 0.6 is 11.3 Å². The van der Waals surface area contributed by atoms with E-state index in [0.29, 0.717) is 36.0 Å². The van der Waals surface area contributed by atoms with Gasteiger partial charge in [-0.2, -0.15) is 13.2 Å². The van der Waals surface area contributed by atoms with Crippen molar-refractivity contribution in [2.45, 2.75) is 46.2 Å². The molecule has 0 bridgehead atoms. The largest absolute Gasteiger partial charge is 0.416 e. The summed E-state index contributed by atoms with van der Waals surface area (Å²) in [4.78, 5) is 26.1. The predicted molar refractivity (Wildman–Crippen MR) is 110 cm³/mol. The van der Waals surface area contributed by atoms with Crippen LogP contribution in [0.15, 0.2) is 24.3 Å². The SMILES string of the molecule is CCCC(=O)N(CCC(=O)Nc1nnc(-c2ccc(C(F)(F)F)cc2)s1)CC(C)C. The Morgan fingerprint density at radius 1 is 1.13 bits per heavy atom. The number of nitrogens with zero attached hydrogens (tertiary/aromatic N) is 3. The molecule has 1 heterocycles. The monoisotopic (exact) mass is 442 g/mol.